The van der Waals surface area contributed by atoms with E-state index >= 15 is 0 Å². The summed E-state index contributed by atoms with van der Waals surface area (Å²) >= 11 is 0. The number of aryl methyl sites for hydroxylation is 1. The zero-order valence-corrected chi connectivity index (χ0v) is 22.7. The number of carbonyl (C=O) groups excluding carboxylic acids is 1. The predicted molar refractivity (Wildman–Crippen MR) is 158 cm³/mol. The van der Waals surface area contributed by atoms with Crippen molar-refractivity contribution in [3.63, 3.8) is 0 Å². The van der Waals surface area contributed by atoms with Crippen LogP contribution in [0.25, 0.3) is 16.9 Å². The summed E-state index contributed by atoms with van der Waals surface area (Å²) in [5.74, 6) is 1.45. The number of hydrogen-bond acceptors (Lipinski definition) is 3. The highest BCUT2D eigenvalue weighted by atomic mass is 16.5. The highest BCUT2D eigenvalue weighted by Crippen LogP contribution is 2.34. The second kappa shape index (κ2) is 12.4. The molecule has 2 aromatic heterocycles. The highest BCUT2D eigenvalue weighted by Gasteiger charge is 2.26. The Kier molecular flexibility index (Phi) is 8.37. The standard InChI is InChI=1S/C34H35N3O2/c1-3-4-5-12-23-39-30-19-17-29(18-20-30)34(38)37(25-27-13-8-6-9-14-27)33-32(28-15-10-7-11-16-28)35-31-24-26(2)21-22-36(31)33/h6-11,13-22,24H,3-5,12,23,25H2,1-2H3. The Balaban J connectivity index is 1.53. The summed E-state index contributed by atoms with van der Waals surface area (Å²) in [6.07, 6.45) is 6.63. The molecule has 0 fully saturated rings. The van der Waals surface area contributed by atoms with E-state index in [1.54, 1.807) is 0 Å². The van der Waals surface area contributed by atoms with Crippen molar-refractivity contribution in [1.29, 1.82) is 0 Å². The number of amides is 1. The Labute approximate surface area is 230 Å². The quantitative estimate of drug-likeness (QED) is 0.166. The molecule has 1 amide bonds. The summed E-state index contributed by atoms with van der Waals surface area (Å²) in [6.45, 7) is 5.36. The first kappa shape index (κ1) is 26.2. The molecule has 0 saturated carbocycles. The first-order chi connectivity index (χ1) is 19.1. The van der Waals surface area contributed by atoms with Crippen molar-refractivity contribution < 1.29 is 9.53 Å². The lowest BCUT2D eigenvalue weighted by molar-refractivity contribution is 0.0984. The number of imidazole rings is 1. The number of carbonyl (C=O) groups is 1. The topological polar surface area (TPSA) is 46.8 Å². The molecule has 5 aromatic rings. The van der Waals surface area contributed by atoms with E-state index in [2.05, 4.69) is 13.8 Å². The van der Waals surface area contributed by atoms with E-state index in [1.165, 1.54) is 19.3 Å². The molecule has 5 heteroatoms. The van der Waals surface area contributed by atoms with Crippen LogP contribution in [0.4, 0.5) is 5.82 Å². The van der Waals surface area contributed by atoms with Gasteiger partial charge in [0.1, 0.15) is 22.9 Å². The first-order valence-corrected chi connectivity index (χ1v) is 13.8. The summed E-state index contributed by atoms with van der Waals surface area (Å²) in [5, 5.41) is 0. The van der Waals surface area contributed by atoms with Crippen LogP contribution in [0.5, 0.6) is 5.75 Å². The number of pyridine rings is 1. The lowest BCUT2D eigenvalue weighted by Gasteiger charge is -2.24. The zero-order chi connectivity index (χ0) is 27.0. The minimum atomic E-state index is -0.0899. The number of nitrogens with zero attached hydrogens (tertiary/aromatic N) is 3. The van der Waals surface area contributed by atoms with Gasteiger partial charge in [-0.15, -0.1) is 0 Å². The number of rotatable bonds is 11. The molecule has 0 spiro atoms. The number of unbranched alkanes of at least 4 members (excludes halogenated alkanes) is 3. The largest absolute Gasteiger partial charge is 0.494 e. The van der Waals surface area contributed by atoms with Crippen LogP contribution in [0, 0.1) is 6.92 Å². The van der Waals surface area contributed by atoms with Gasteiger partial charge in [0.2, 0.25) is 0 Å². The Hall–Kier alpha value is -4.38. The molecule has 0 aliphatic heterocycles. The van der Waals surface area contributed by atoms with Crippen LogP contribution in [0.3, 0.4) is 0 Å². The number of aromatic nitrogens is 2. The molecular weight excluding hydrogens is 482 g/mol. The minimum absolute atomic E-state index is 0.0899. The van der Waals surface area contributed by atoms with E-state index in [-0.39, 0.29) is 5.91 Å². The summed E-state index contributed by atoms with van der Waals surface area (Å²) in [7, 11) is 0. The fourth-order valence-electron chi connectivity index (χ4n) is 4.76. The second-order valence-corrected chi connectivity index (χ2v) is 9.89. The van der Waals surface area contributed by atoms with E-state index in [0.717, 1.165) is 46.0 Å². The van der Waals surface area contributed by atoms with Gasteiger partial charge in [-0.05, 0) is 60.9 Å². The number of benzene rings is 3. The van der Waals surface area contributed by atoms with Gasteiger partial charge in [0.25, 0.3) is 5.91 Å². The Morgan fingerprint density at radius 1 is 0.872 bits per heavy atom. The van der Waals surface area contributed by atoms with Crippen LogP contribution in [-0.2, 0) is 6.54 Å². The van der Waals surface area contributed by atoms with Crippen molar-refractivity contribution >= 4 is 17.4 Å². The van der Waals surface area contributed by atoms with Crippen molar-refractivity contribution in [3.8, 4) is 17.0 Å². The lowest BCUT2D eigenvalue weighted by Crippen LogP contribution is -2.32. The highest BCUT2D eigenvalue weighted by molar-refractivity contribution is 6.07. The number of fused-ring (bicyclic) bond motifs is 1. The van der Waals surface area contributed by atoms with E-state index < -0.39 is 0 Å². The average Bonchev–Trinajstić information content (AvgIpc) is 3.35. The molecule has 0 unspecified atom stereocenters. The summed E-state index contributed by atoms with van der Waals surface area (Å²) in [6, 6.07) is 31.7. The third-order valence-corrected chi connectivity index (χ3v) is 6.86. The van der Waals surface area contributed by atoms with Crippen LogP contribution in [0.1, 0.15) is 54.1 Å². The van der Waals surface area contributed by atoms with Crippen molar-refractivity contribution in [1.82, 2.24) is 9.38 Å². The van der Waals surface area contributed by atoms with Gasteiger partial charge >= 0.3 is 0 Å². The molecule has 39 heavy (non-hydrogen) atoms. The molecule has 2 heterocycles. The molecule has 0 saturated heterocycles. The van der Waals surface area contributed by atoms with Crippen LogP contribution < -0.4 is 9.64 Å². The predicted octanol–water partition coefficient (Wildman–Crippen LogP) is 8.12. The fraction of sp³-hybridized carbons (Fsp3) is 0.235. The van der Waals surface area contributed by atoms with Crippen LogP contribution in [0.15, 0.2) is 103 Å². The maximum absolute atomic E-state index is 14.2. The van der Waals surface area contributed by atoms with E-state index in [0.29, 0.717) is 18.7 Å². The summed E-state index contributed by atoms with van der Waals surface area (Å²) in [5.41, 5.74) is 5.31. The number of hydrogen-bond donors (Lipinski definition) is 0. The maximum atomic E-state index is 14.2. The van der Waals surface area contributed by atoms with Gasteiger partial charge in [-0.3, -0.25) is 14.1 Å². The molecule has 0 atom stereocenters. The smallest absolute Gasteiger partial charge is 0.259 e. The zero-order valence-electron chi connectivity index (χ0n) is 22.7. The van der Waals surface area contributed by atoms with Crippen LogP contribution in [0.2, 0.25) is 0 Å². The monoisotopic (exact) mass is 517 g/mol. The Bertz CT molecular complexity index is 1510. The SMILES string of the molecule is CCCCCCOc1ccc(C(=O)N(Cc2ccccc2)c2c(-c3ccccc3)nc3cc(C)ccn23)cc1. The maximum Gasteiger partial charge on any atom is 0.259 e. The molecule has 0 aliphatic carbocycles. The van der Waals surface area contributed by atoms with Crippen molar-refractivity contribution in [2.75, 3.05) is 11.5 Å². The summed E-state index contributed by atoms with van der Waals surface area (Å²) in [4.78, 5) is 21.1. The molecule has 0 aliphatic rings. The van der Waals surface area contributed by atoms with Gasteiger partial charge < -0.3 is 4.74 Å². The van der Waals surface area contributed by atoms with E-state index in [9.17, 15) is 4.79 Å². The third kappa shape index (κ3) is 6.20. The second-order valence-electron chi connectivity index (χ2n) is 9.89. The molecule has 5 nitrogen and oxygen atoms in total. The molecule has 5 rings (SSSR count). The third-order valence-electron chi connectivity index (χ3n) is 6.86. The van der Waals surface area contributed by atoms with Crippen LogP contribution in [-0.4, -0.2) is 21.9 Å². The van der Waals surface area contributed by atoms with Gasteiger partial charge in [0.15, 0.2) is 0 Å². The van der Waals surface area contributed by atoms with Crippen molar-refractivity contribution in [3.05, 3.63) is 120 Å². The van der Waals surface area contributed by atoms with Gasteiger partial charge in [-0.1, -0.05) is 86.8 Å². The summed E-state index contributed by atoms with van der Waals surface area (Å²) < 4.78 is 7.94. The fourth-order valence-corrected chi connectivity index (χ4v) is 4.76. The van der Waals surface area contributed by atoms with Gasteiger partial charge in [0, 0.05) is 17.3 Å². The van der Waals surface area contributed by atoms with Gasteiger partial charge in [-0.25, -0.2) is 4.98 Å². The molecule has 0 radical (unpaired) electrons. The Morgan fingerprint density at radius 3 is 2.31 bits per heavy atom. The molecular formula is C34H35N3O2. The van der Waals surface area contributed by atoms with Gasteiger partial charge in [-0.2, -0.15) is 0 Å². The van der Waals surface area contributed by atoms with E-state index in [1.807, 2.05) is 113 Å². The van der Waals surface area contributed by atoms with Crippen molar-refractivity contribution in [2.24, 2.45) is 0 Å². The average molecular weight is 518 g/mol. The Morgan fingerprint density at radius 2 is 1.59 bits per heavy atom. The molecule has 3 aromatic carbocycles. The normalized spacial score (nSPS) is 11.0. The minimum Gasteiger partial charge on any atom is -0.494 e. The lowest BCUT2D eigenvalue weighted by atomic mass is 10.1. The van der Waals surface area contributed by atoms with E-state index in [4.69, 9.17) is 9.72 Å². The van der Waals surface area contributed by atoms with Crippen molar-refractivity contribution in [2.45, 2.75) is 46.1 Å². The van der Waals surface area contributed by atoms with Crippen LogP contribution >= 0.6 is 0 Å². The molecule has 0 bridgehead atoms. The number of ether oxygens (including phenoxy) is 1. The molecule has 198 valence electrons. The molecule has 0 N–H and O–H groups in total. The van der Waals surface area contributed by atoms with Gasteiger partial charge in [0.05, 0.1) is 13.2 Å². The number of anilines is 1. The first-order valence-electron chi connectivity index (χ1n) is 13.8.